The van der Waals surface area contributed by atoms with E-state index in [9.17, 15) is 13.0 Å². The monoisotopic (exact) mass is 894 g/mol. The molecule has 0 bridgehead atoms. The van der Waals surface area contributed by atoms with E-state index in [1.165, 1.54) is 296 Å². The minimum atomic E-state index is -4.59. The lowest BCUT2D eigenvalue weighted by atomic mass is 10.0. The zero-order valence-corrected chi connectivity index (χ0v) is 42.8. The van der Waals surface area contributed by atoms with Crippen LogP contribution in [0.4, 0.5) is 0 Å². The average Bonchev–Trinajstić information content (AvgIpc) is 3.25. The van der Waals surface area contributed by atoms with Crippen LogP contribution in [-0.4, -0.2) is 42.8 Å². The summed E-state index contributed by atoms with van der Waals surface area (Å²) in [5.74, 6) is -1.04. The van der Waals surface area contributed by atoms with E-state index in [-0.39, 0.29) is 5.56 Å². The molecule has 3 N–H and O–H groups in total. The molecule has 6 nitrogen and oxygen atoms in total. The Morgan fingerprint density at radius 2 is 0.597 bits per heavy atom. The van der Waals surface area contributed by atoms with Crippen LogP contribution in [0.25, 0.3) is 0 Å². The molecule has 0 spiro atoms. The van der Waals surface area contributed by atoms with E-state index in [4.69, 9.17) is 10.2 Å². The van der Waals surface area contributed by atoms with Crippen molar-refractivity contribution < 1.29 is 28.1 Å². The second-order valence-electron chi connectivity index (χ2n) is 19.3. The molecular weight excluding hydrogens is 787 g/mol. The molecule has 62 heavy (non-hydrogen) atoms. The highest BCUT2D eigenvalue weighted by Crippen LogP contribution is 2.32. The van der Waals surface area contributed by atoms with Crippen molar-refractivity contribution in [3.8, 4) is 11.5 Å². The van der Waals surface area contributed by atoms with Crippen LogP contribution in [0.3, 0.4) is 0 Å². The molecular formula is C55H107NO5S. The molecule has 0 aromatic heterocycles. The quantitative estimate of drug-likeness (QED) is 0.0344. The second kappa shape index (κ2) is 46.2. The van der Waals surface area contributed by atoms with Gasteiger partial charge in [0, 0.05) is 5.56 Å². The van der Waals surface area contributed by atoms with Gasteiger partial charge in [-0.1, -0.05) is 252 Å². The Hall–Kier alpha value is -1.31. The van der Waals surface area contributed by atoms with E-state index in [0.717, 1.165) is 12.1 Å². The maximum atomic E-state index is 10.6. The first kappa shape index (κ1) is 60.7. The van der Waals surface area contributed by atoms with Crippen LogP contribution in [0.15, 0.2) is 17.0 Å². The van der Waals surface area contributed by atoms with Crippen molar-refractivity contribution in [2.45, 2.75) is 302 Å². The predicted octanol–water partition coefficient (Wildman–Crippen LogP) is 16.6. The van der Waals surface area contributed by atoms with E-state index in [1.807, 2.05) is 4.90 Å². The fraction of sp³-hybridized carbons (Fsp3) is 0.891. The number of phenolic OH excluding ortho intramolecular Hbond substituents is 2. The van der Waals surface area contributed by atoms with Gasteiger partial charge in [-0.3, -0.25) is 0 Å². The summed E-state index contributed by atoms with van der Waals surface area (Å²) in [6.07, 6.45) is 61.9. The zero-order valence-electron chi connectivity index (χ0n) is 42.0. The molecule has 368 valence electrons. The zero-order chi connectivity index (χ0) is 45.6. The number of hydrogen-bond acceptors (Lipinski definition) is 5. The van der Waals surface area contributed by atoms with Gasteiger partial charge in [0.15, 0.2) is 11.5 Å². The summed E-state index contributed by atoms with van der Waals surface area (Å²) < 4.78 is 31.7. The van der Waals surface area contributed by atoms with Gasteiger partial charge in [-0.25, -0.2) is 8.42 Å². The molecule has 0 heterocycles. The van der Waals surface area contributed by atoms with E-state index in [2.05, 4.69) is 20.8 Å². The van der Waals surface area contributed by atoms with Crippen molar-refractivity contribution in [2.75, 3.05) is 19.6 Å². The van der Waals surface area contributed by atoms with E-state index < -0.39 is 26.5 Å². The molecule has 0 fully saturated rings. The Balaban J connectivity index is 0.00000241. The van der Waals surface area contributed by atoms with E-state index in [1.54, 1.807) is 0 Å². The minimum absolute atomic E-state index is 0.144. The van der Waals surface area contributed by atoms with E-state index in [0.29, 0.717) is 0 Å². The summed E-state index contributed by atoms with van der Waals surface area (Å²) in [5, 5.41) is 18.0. The van der Waals surface area contributed by atoms with Crippen molar-refractivity contribution in [3.63, 3.8) is 0 Å². The van der Waals surface area contributed by atoms with E-state index >= 15 is 0 Å². The van der Waals surface area contributed by atoms with Crippen molar-refractivity contribution in [1.29, 1.82) is 0 Å². The van der Waals surface area contributed by atoms with Crippen molar-refractivity contribution in [1.82, 2.24) is 0 Å². The fourth-order valence-electron chi connectivity index (χ4n) is 9.02. The summed E-state index contributed by atoms with van der Waals surface area (Å²) in [6, 6.07) is 1.90. The molecule has 1 aromatic rings. The maximum absolute atomic E-state index is 10.6. The summed E-state index contributed by atoms with van der Waals surface area (Å²) in [7, 11) is -4.59. The SMILES string of the molecule is CCCCCCCCCCCCCCCC[NH+](CCCCCCCCCCCCCCCC)CCCCCCCCCCCCCCCC.Cc1c(S(=O)(=O)[O-])ccc(O)c1O. The molecule has 0 saturated heterocycles. The van der Waals surface area contributed by atoms with Gasteiger partial charge in [-0.2, -0.15) is 0 Å². The first-order valence-electron chi connectivity index (χ1n) is 27.5. The highest BCUT2D eigenvalue weighted by molar-refractivity contribution is 7.85. The molecule has 0 amide bonds. The summed E-state index contributed by atoms with van der Waals surface area (Å²) >= 11 is 0. The maximum Gasteiger partial charge on any atom is 0.161 e. The van der Waals surface area contributed by atoms with Gasteiger partial charge in [0.25, 0.3) is 0 Å². The number of aromatic hydroxyl groups is 2. The third-order valence-electron chi connectivity index (χ3n) is 13.3. The molecule has 0 aliphatic carbocycles. The number of benzene rings is 1. The summed E-state index contributed by atoms with van der Waals surface area (Å²) in [5.41, 5.74) is -0.144. The van der Waals surface area contributed by atoms with Crippen LogP contribution in [0.2, 0.25) is 0 Å². The fourth-order valence-corrected chi connectivity index (χ4v) is 9.73. The van der Waals surface area contributed by atoms with Crippen LogP contribution in [0.1, 0.15) is 296 Å². The number of quaternary nitrogens is 1. The minimum Gasteiger partial charge on any atom is -0.744 e. The second-order valence-corrected chi connectivity index (χ2v) is 20.6. The van der Waals surface area contributed by atoms with Crippen LogP contribution < -0.4 is 4.90 Å². The van der Waals surface area contributed by atoms with Crippen LogP contribution >= 0.6 is 0 Å². The average molecular weight is 895 g/mol. The standard InChI is InChI=1S/C48H99N.C7H8O5S/c1-4-7-10-13-16-19-22-25-28-31-34-37-40-43-46-49(47-44-41-38-35-32-29-26-23-20-17-14-11-8-5-2)48-45-42-39-36-33-30-27-24-21-18-15-12-9-6-3;1-4-6(13(10,11)12)3-2-5(8)7(4)9/h4-48H2,1-3H3;2-3,8-9H,1H3,(H,10,11,12). The largest absolute Gasteiger partial charge is 0.744 e. The van der Waals surface area contributed by atoms with Gasteiger partial charge in [0.2, 0.25) is 0 Å². The molecule has 0 aliphatic heterocycles. The Morgan fingerprint density at radius 1 is 0.387 bits per heavy atom. The highest BCUT2D eigenvalue weighted by atomic mass is 32.2. The third-order valence-corrected chi connectivity index (χ3v) is 14.3. The number of rotatable bonds is 46. The Kier molecular flexibility index (Phi) is 45.3. The first-order valence-corrected chi connectivity index (χ1v) is 28.9. The lowest BCUT2D eigenvalue weighted by Gasteiger charge is -2.20. The van der Waals surface area contributed by atoms with Crippen LogP contribution in [0.5, 0.6) is 11.5 Å². The number of phenols is 2. The molecule has 1 aromatic carbocycles. The molecule has 0 unspecified atom stereocenters. The lowest BCUT2D eigenvalue weighted by Crippen LogP contribution is -3.12. The van der Waals surface area contributed by atoms with Gasteiger partial charge in [0.05, 0.1) is 24.5 Å². The molecule has 7 heteroatoms. The van der Waals surface area contributed by atoms with Crippen LogP contribution in [-0.2, 0) is 10.1 Å². The van der Waals surface area contributed by atoms with Gasteiger partial charge < -0.3 is 19.7 Å². The molecule has 0 radical (unpaired) electrons. The normalized spacial score (nSPS) is 11.7. The van der Waals surface area contributed by atoms with Crippen molar-refractivity contribution >= 4 is 10.1 Å². The smallest absolute Gasteiger partial charge is 0.161 e. The molecule has 0 atom stereocenters. The highest BCUT2D eigenvalue weighted by Gasteiger charge is 2.12. The molecule has 0 aliphatic rings. The molecule has 0 saturated carbocycles. The summed E-state index contributed by atoms with van der Waals surface area (Å²) in [6.45, 7) is 12.6. The Morgan fingerprint density at radius 3 is 0.806 bits per heavy atom. The third kappa shape index (κ3) is 40.2. The van der Waals surface area contributed by atoms with Crippen molar-refractivity contribution in [2.24, 2.45) is 0 Å². The Bertz CT molecular complexity index is 1100. The molecule has 1 rings (SSSR count). The number of hydrogen-bond donors (Lipinski definition) is 3. The number of unbranched alkanes of at least 4 members (excludes halogenated alkanes) is 39. The lowest BCUT2D eigenvalue weighted by molar-refractivity contribution is -0.900. The topological polar surface area (TPSA) is 102 Å². The van der Waals surface area contributed by atoms with Gasteiger partial charge in [-0.15, -0.1) is 0 Å². The van der Waals surface area contributed by atoms with Gasteiger partial charge >= 0.3 is 0 Å². The van der Waals surface area contributed by atoms with Crippen LogP contribution in [0, 0.1) is 6.92 Å². The van der Waals surface area contributed by atoms with Gasteiger partial charge in [-0.05, 0) is 57.6 Å². The summed E-state index contributed by atoms with van der Waals surface area (Å²) in [4.78, 5) is 1.43. The first-order chi connectivity index (χ1) is 30.2. The van der Waals surface area contributed by atoms with Gasteiger partial charge in [0.1, 0.15) is 10.1 Å². The number of nitrogens with one attached hydrogen (secondary N) is 1. The predicted molar refractivity (Wildman–Crippen MR) is 269 cm³/mol. The van der Waals surface area contributed by atoms with Crippen molar-refractivity contribution in [3.05, 3.63) is 17.7 Å². The Labute approximate surface area is 387 Å².